The molecule has 1 aliphatic heterocycles. The minimum absolute atomic E-state index is 0.667. The van der Waals surface area contributed by atoms with E-state index >= 15 is 0 Å². The average molecular weight is 216 g/mol. The maximum Gasteiger partial charge on any atom is 0.130 e. The van der Waals surface area contributed by atoms with Crippen LogP contribution in [0.15, 0.2) is 36.1 Å². The number of para-hydroxylation sites is 1. The normalized spacial score (nSPS) is 17.3. The van der Waals surface area contributed by atoms with Gasteiger partial charge in [0.1, 0.15) is 11.5 Å². The van der Waals surface area contributed by atoms with Gasteiger partial charge in [-0.2, -0.15) is 0 Å². The van der Waals surface area contributed by atoms with Crippen molar-refractivity contribution >= 4 is 0 Å². The van der Waals surface area contributed by atoms with Crippen LogP contribution in [0.5, 0.6) is 5.75 Å². The average Bonchev–Trinajstić information content (AvgIpc) is 2.35. The molecule has 2 rings (SSSR count). The molecule has 0 aromatic heterocycles. The number of hydrogen-bond donors (Lipinski definition) is 0. The molecule has 0 aliphatic carbocycles. The van der Waals surface area contributed by atoms with Crippen molar-refractivity contribution in [3.63, 3.8) is 0 Å². The highest BCUT2D eigenvalue weighted by Gasteiger charge is 2.14. The molecule has 1 aliphatic rings. The van der Waals surface area contributed by atoms with Crippen molar-refractivity contribution in [2.75, 3.05) is 0 Å². The fraction of sp³-hybridized carbons (Fsp3) is 0.467. The van der Waals surface area contributed by atoms with Gasteiger partial charge in [0.25, 0.3) is 0 Å². The smallest absolute Gasteiger partial charge is 0.130 e. The molecule has 0 saturated heterocycles. The first-order valence-electron chi connectivity index (χ1n) is 6.30. The molecule has 86 valence electrons. The molecule has 0 radical (unpaired) electrons. The Hall–Kier alpha value is -1.24. The van der Waals surface area contributed by atoms with Crippen LogP contribution >= 0.6 is 0 Å². The molecular weight excluding hydrogens is 196 g/mol. The molecule has 0 N–H and O–H groups in total. The molecule has 1 heterocycles. The van der Waals surface area contributed by atoms with Crippen molar-refractivity contribution < 1.29 is 4.74 Å². The van der Waals surface area contributed by atoms with Crippen LogP contribution in [-0.2, 0) is 6.42 Å². The van der Waals surface area contributed by atoms with Gasteiger partial charge in [0, 0.05) is 6.42 Å². The Morgan fingerprint density at radius 3 is 2.69 bits per heavy atom. The Labute approximate surface area is 98.1 Å². The zero-order valence-corrected chi connectivity index (χ0v) is 10.2. The number of ether oxygens (including phenoxy) is 1. The summed E-state index contributed by atoms with van der Waals surface area (Å²) in [7, 11) is 0. The largest absolute Gasteiger partial charge is 0.462 e. The van der Waals surface area contributed by atoms with Crippen LogP contribution in [0.3, 0.4) is 0 Å². The predicted octanol–water partition coefficient (Wildman–Crippen LogP) is 4.33. The van der Waals surface area contributed by atoms with Crippen molar-refractivity contribution in [3.05, 3.63) is 41.7 Å². The summed E-state index contributed by atoms with van der Waals surface area (Å²) in [6.45, 7) is 4.48. The lowest BCUT2D eigenvalue weighted by Crippen LogP contribution is -2.08. The topological polar surface area (TPSA) is 9.23 Å². The molecule has 0 unspecified atom stereocenters. The first-order chi connectivity index (χ1) is 7.83. The van der Waals surface area contributed by atoms with Crippen LogP contribution in [0.25, 0.3) is 0 Å². The minimum Gasteiger partial charge on any atom is -0.462 e. The monoisotopic (exact) mass is 216 g/mol. The van der Waals surface area contributed by atoms with E-state index in [1.54, 1.807) is 0 Å². The maximum atomic E-state index is 5.93. The van der Waals surface area contributed by atoms with Gasteiger partial charge >= 0.3 is 0 Å². The molecule has 1 aromatic carbocycles. The molecule has 0 atom stereocenters. The van der Waals surface area contributed by atoms with Crippen LogP contribution in [-0.4, -0.2) is 0 Å². The Bertz CT molecular complexity index is 375. The Balaban J connectivity index is 2.13. The number of rotatable bonds is 3. The molecule has 0 spiro atoms. The van der Waals surface area contributed by atoms with E-state index in [1.165, 1.54) is 18.4 Å². The zero-order chi connectivity index (χ0) is 11.4. The van der Waals surface area contributed by atoms with E-state index in [0.717, 1.165) is 24.4 Å². The SMILES string of the molecule is CCC(/C=C1/CCc2ccccc2O1)CC. The molecule has 0 bridgehead atoms. The van der Waals surface area contributed by atoms with Gasteiger partial charge in [-0.15, -0.1) is 0 Å². The number of benzene rings is 1. The number of allylic oxidation sites excluding steroid dienone is 2. The summed E-state index contributed by atoms with van der Waals surface area (Å²) in [5, 5.41) is 0. The van der Waals surface area contributed by atoms with E-state index in [1.807, 2.05) is 6.07 Å². The Morgan fingerprint density at radius 1 is 1.19 bits per heavy atom. The highest BCUT2D eigenvalue weighted by molar-refractivity contribution is 5.37. The number of hydrogen-bond acceptors (Lipinski definition) is 1. The van der Waals surface area contributed by atoms with Gasteiger partial charge in [-0.1, -0.05) is 32.0 Å². The second kappa shape index (κ2) is 5.20. The standard InChI is InChI=1S/C15H20O/c1-3-12(4-2)11-14-10-9-13-7-5-6-8-15(13)16-14/h5-8,11-12H,3-4,9-10H2,1-2H3/b14-11-. The molecule has 1 nitrogen and oxygen atoms in total. The molecule has 1 aromatic rings. The lowest BCUT2D eigenvalue weighted by Gasteiger charge is -2.20. The van der Waals surface area contributed by atoms with Crippen molar-refractivity contribution in [3.8, 4) is 5.75 Å². The molecular formula is C15H20O. The summed E-state index contributed by atoms with van der Waals surface area (Å²) < 4.78 is 5.93. The predicted molar refractivity (Wildman–Crippen MR) is 67.5 cm³/mol. The van der Waals surface area contributed by atoms with E-state index in [4.69, 9.17) is 4.74 Å². The van der Waals surface area contributed by atoms with E-state index in [-0.39, 0.29) is 0 Å². The van der Waals surface area contributed by atoms with Gasteiger partial charge in [0.2, 0.25) is 0 Å². The number of fused-ring (bicyclic) bond motifs is 1. The lowest BCUT2D eigenvalue weighted by molar-refractivity contribution is 0.369. The highest BCUT2D eigenvalue weighted by Crippen LogP contribution is 2.29. The molecule has 0 saturated carbocycles. The zero-order valence-electron chi connectivity index (χ0n) is 10.2. The first kappa shape index (κ1) is 11.3. The molecule has 0 amide bonds. The molecule has 0 fully saturated rings. The van der Waals surface area contributed by atoms with Gasteiger partial charge in [0.05, 0.1) is 0 Å². The Kier molecular flexibility index (Phi) is 3.66. The highest BCUT2D eigenvalue weighted by atomic mass is 16.5. The number of aryl methyl sites for hydroxylation is 1. The summed E-state index contributed by atoms with van der Waals surface area (Å²) in [6, 6.07) is 8.34. The van der Waals surface area contributed by atoms with E-state index in [2.05, 4.69) is 38.1 Å². The van der Waals surface area contributed by atoms with Gasteiger partial charge in [-0.25, -0.2) is 0 Å². The third-order valence-electron chi connectivity index (χ3n) is 3.32. The second-order valence-electron chi connectivity index (χ2n) is 4.42. The van der Waals surface area contributed by atoms with Crippen molar-refractivity contribution in [2.45, 2.75) is 39.5 Å². The Morgan fingerprint density at radius 2 is 1.94 bits per heavy atom. The second-order valence-corrected chi connectivity index (χ2v) is 4.42. The van der Waals surface area contributed by atoms with Gasteiger partial charge < -0.3 is 4.74 Å². The summed E-state index contributed by atoms with van der Waals surface area (Å²) in [4.78, 5) is 0. The molecule has 16 heavy (non-hydrogen) atoms. The lowest BCUT2D eigenvalue weighted by atomic mass is 9.99. The van der Waals surface area contributed by atoms with Crippen LogP contribution in [0.4, 0.5) is 0 Å². The van der Waals surface area contributed by atoms with Crippen molar-refractivity contribution in [1.82, 2.24) is 0 Å². The van der Waals surface area contributed by atoms with E-state index in [9.17, 15) is 0 Å². The maximum absolute atomic E-state index is 5.93. The summed E-state index contributed by atoms with van der Waals surface area (Å²) in [6.07, 6.45) is 6.88. The van der Waals surface area contributed by atoms with Crippen molar-refractivity contribution in [1.29, 1.82) is 0 Å². The van der Waals surface area contributed by atoms with Gasteiger partial charge in [-0.3, -0.25) is 0 Å². The molecule has 1 heteroatoms. The van der Waals surface area contributed by atoms with Gasteiger partial charge in [-0.05, 0) is 42.9 Å². The van der Waals surface area contributed by atoms with E-state index < -0.39 is 0 Å². The summed E-state index contributed by atoms with van der Waals surface area (Å²) >= 11 is 0. The summed E-state index contributed by atoms with van der Waals surface area (Å²) in [5.74, 6) is 2.87. The third kappa shape index (κ3) is 2.46. The summed E-state index contributed by atoms with van der Waals surface area (Å²) in [5.41, 5.74) is 1.34. The van der Waals surface area contributed by atoms with Crippen LogP contribution in [0.1, 0.15) is 38.7 Å². The first-order valence-corrected chi connectivity index (χ1v) is 6.30. The van der Waals surface area contributed by atoms with E-state index in [0.29, 0.717) is 5.92 Å². The quantitative estimate of drug-likeness (QED) is 0.730. The van der Waals surface area contributed by atoms with Gasteiger partial charge in [0.15, 0.2) is 0 Å². The van der Waals surface area contributed by atoms with Crippen LogP contribution < -0.4 is 4.74 Å². The fourth-order valence-electron chi connectivity index (χ4n) is 2.16. The van der Waals surface area contributed by atoms with Crippen LogP contribution in [0.2, 0.25) is 0 Å². The van der Waals surface area contributed by atoms with Crippen LogP contribution in [0, 0.1) is 5.92 Å². The fourth-order valence-corrected chi connectivity index (χ4v) is 2.16. The minimum atomic E-state index is 0.667. The van der Waals surface area contributed by atoms with Crippen molar-refractivity contribution in [2.24, 2.45) is 5.92 Å². The third-order valence-corrected chi connectivity index (χ3v) is 3.32.